The Morgan fingerprint density at radius 3 is 2.24 bits per heavy atom. The van der Waals surface area contributed by atoms with Crippen LogP contribution in [-0.4, -0.2) is 27.0 Å². The number of aromatic nitrogens is 4. The molecule has 6 nitrogen and oxygen atoms in total. The van der Waals surface area contributed by atoms with Gasteiger partial charge in [0.1, 0.15) is 0 Å². The van der Waals surface area contributed by atoms with Gasteiger partial charge in [0, 0.05) is 36.4 Å². The Morgan fingerprint density at radius 2 is 1.56 bits per heavy atom. The van der Waals surface area contributed by atoms with E-state index in [0.29, 0.717) is 0 Å². The third-order valence-electron chi connectivity index (χ3n) is 3.26. The lowest BCUT2D eigenvalue weighted by atomic mass is 10.3. The first-order valence-corrected chi connectivity index (χ1v) is 8.55. The van der Waals surface area contributed by atoms with Crippen molar-refractivity contribution in [3.05, 3.63) is 49.3 Å². The number of nitrogens with two attached hydrogens (primary N) is 1. The van der Waals surface area contributed by atoms with Gasteiger partial charge in [0.05, 0.1) is 41.0 Å². The number of nitrogens with zero attached hydrogens (tertiary/aromatic N) is 2. The Kier molecular flexibility index (Phi) is 8.57. The molecule has 6 heteroatoms. The van der Waals surface area contributed by atoms with Gasteiger partial charge in [-0.1, -0.05) is 27.7 Å². The second-order valence-electron chi connectivity index (χ2n) is 4.54. The number of nitrogen functional groups attached to an aromatic ring is 1. The predicted molar refractivity (Wildman–Crippen MR) is 109 cm³/mol. The molecule has 0 aliphatic carbocycles. The highest BCUT2D eigenvalue weighted by molar-refractivity contribution is 5.91. The zero-order valence-electron chi connectivity index (χ0n) is 15.6. The van der Waals surface area contributed by atoms with Crippen LogP contribution in [0.2, 0.25) is 0 Å². The van der Waals surface area contributed by atoms with Gasteiger partial charge < -0.3 is 21.0 Å². The van der Waals surface area contributed by atoms with Crippen molar-refractivity contribution in [1.82, 2.24) is 19.9 Å². The average Bonchev–Trinajstić information content (AvgIpc) is 3.33. The fourth-order valence-electron chi connectivity index (χ4n) is 2.18. The minimum atomic E-state index is 0.721. The van der Waals surface area contributed by atoms with Gasteiger partial charge in [-0.15, -0.1) is 0 Å². The van der Waals surface area contributed by atoms with Crippen molar-refractivity contribution >= 4 is 33.2 Å². The van der Waals surface area contributed by atoms with Gasteiger partial charge in [-0.25, -0.2) is 0 Å². The number of hydrogen-bond donors (Lipinski definition) is 4. The molecule has 0 radical (unpaired) electrons. The van der Waals surface area contributed by atoms with Crippen LogP contribution >= 0.6 is 0 Å². The summed E-state index contributed by atoms with van der Waals surface area (Å²) in [4.78, 5) is 14.1. The maximum atomic E-state index is 5.62. The third kappa shape index (κ3) is 4.97. The van der Waals surface area contributed by atoms with Crippen LogP contribution in [0.15, 0.2) is 49.3 Å². The average molecular weight is 340 g/mol. The largest absolute Gasteiger partial charge is 0.397 e. The van der Waals surface area contributed by atoms with Gasteiger partial charge >= 0.3 is 0 Å². The van der Waals surface area contributed by atoms with Crippen LogP contribution in [0.25, 0.3) is 21.8 Å². The summed E-state index contributed by atoms with van der Waals surface area (Å²) in [5.74, 6) is 0. The number of aromatic amines is 2. The van der Waals surface area contributed by atoms with Crippen molar-refractivity contribution in [2.24, 2.45) is 0 Å². The molecular formula is C19H28N6. The number of rotatable bonds is 1. The highest BCUT2D eigenvalue weighted by Gasteiger charge is 1.98. The molecule has 4 rings (SSSR count). The molecule has 0 aliphatic heterocycles. The molecule has 0 saturated heterocycles. The summed E-state index contributed by atoms with van der Waals surface area (Å²) >= 11 is 0. The van der Waals surface area contributed by atoms with E-state index in [-0.39, 0.29) is 0 Å². The standard InChI is InChI=1S/C8H9N3.C7H7N3.2C2H6/c1-9-7-5-11-8-4-10-3-2-6(7)8;8-6-3-9-4-7-5(6)1-2-10-7;2*1-2/h2-5,9,11H,1H3;1-4,10H,8H2;2*1-2H3. The number of fused-ring (bicyclic) bond motifs is 2. The Morgan fingerprint density at radius 1 is 0.880 bits per heavy atom. The fourth-order valence-corrected chi connectivity index (χ4v) is 2.18. The minimum absolute atomic E-state index is 0.721. The normalized spacial score (nSPS) is 9.16. The van der Waals surface area contributed by atoms with Crippen LogP contribution in [0.5, 0.6) is 0 Å². The van der Waals surface area contributed by atoms with Crippen molar-refractivity contribution in [3.63, 3.8) is 0 Å². The van der Waals surface area contributed by atoms with E-state index in [1.165, 1.54) is 5.39 Å². The SMILES string of the molecule is CC.CC.CNc1c[nH]c2cnccc12.Nc1cncc2[nH]ccc12. The van der Waals surface area contributed by atoms with Crippen LogP contribution in [0, 0.1) is 0 Å². The summed E-state index contributed by atoms with van der Waals surface area (Å²) in [5, 5.41) is 5.31. The van der Waals surface area contributed by atoms with E-state index >= 15 is 0 Å². The van der Waals surface area contributed by atoms with Crippen molar-refractivity contribution in [2.75, 3.05) is 18.1 Å². The van der Waals surface area contributed by atoms with Crippen LogP contribution in [-0.2, 0) is 0 Å². The molecule has 0 fully saturated rings. The Balaban J connectivity index is 0.000000210. The highest BCUT2D eigenvalue weighted by atomic mass is 14.9. The van der Waals surface area contributed by atoms with Crippen LogP contribution in [0.4, 0.5) is 11.4 Å². The zero-order valence-corrected chi connectivity index (χ0v) is 15.6. The highest BCUT2D eigenvalue weighted by Crippen LogP contribution is 2.20. The minimum Gasteiger partial charge on any atom is -0.397 e. The van der Waals surface area contributed by atoms with Gasteiger partial charge in [0.25, 0.3) is 0 Å². The first kappa shape index (κ1) is 20.0. The Bertz CT molecular complexity index is 862. The van der Waals surface area contributed by atoms with Gasteiger partial charge in [-0.05, 0) is 12.1 Å². The Labute approximate surface area is 148 Å². The molecule has 0 aromatic carbocycles. The van der Waals surface area contributed by atoms with E-state index in [0.717, 1.165) is 27.8 Å². The molecular weight excluding hydrogens is 312 g/mol. The quantitative estimate of drug-likeness (QED) is 0.400. The maximum Gasteiger partial charge on any atom is 0.0661 e. The van der Waals surface area contributed by atoms with Gasteiger partial charge in [0.15, 0.2) is 0 Å². The van der Waals surface area contributed by atoms with E-state index in [4.69, 9.17) is 5.73 Å². The number of anilines is 2. The van der Waals surface area contributed by atoms with Crippen LogP contribution in [0.1, 0.15) is 27.7 Å². The number of pyridine rings is 2. The van der Waals surface area contributed by atoms with Gasteiger partial charge in [-0.2, -0.15) is 0 Å². The van der Waals surface area contributed by atoms with E-state index in [2.05, 4.69) is 25.3 Å². The second kappa shape index (κ2) is 10.7. The predicted octanol–water partition coefficient (Wildman–Crippen LogP) is 4.80. The smallest absolute Gasteiger partial charge is 0.0661 e. The lowest BCUT2D eigenvalue weighted by Crippen LogP contribution is -1.85. The summed E-state index contributed by atoms with van der Waals surface area (Å²) < 4.78 is 0. The summed E-state index contributed by atoms with van der Waals surface area (Å²) in [6, 6.07) is 3.92. The fraction of sp³-hybridized carbons (Fsp3) is 0.263. The summed E-state index contributed by atoms with van der Waals surface area (Å²) in [6.07, 6.45) is 10.8. The zero-order chi connectivity index (χ0) is 18.7. The number of H-pyrrole nitrogens is 2. The molecule has 0 saturated carbocycles. The molecule has 0 aliphatic rings. The van der Waals surface area contributed by atoms with Gasteiger partial charge in [-0.3, -0.25) is 9.97 Å². The van der Waals surface area contributed by atoms with Crippen molar-refractivity contribution in [2.45, 2.75) is 27.7 Å². The molecule has 0 unspecified atom stereocenters. The van der Waals surface area contributed by atoms with Crippen molar-refractivity contribution < 1.29 is 0 Å². The number of nitrogens with one attached hydrogen (secondary N) is 3. The lowest BCUT2D eigenvalue weighted by Gasteiger charge is -1.93. The summed E-state index contributed by atoms with van der Waals surface area (Å²) in [6.45, 7) is 8.00. The molecule has 0 amide bonds. The van der Waals surface area contributed by atoms with E-state index in [1.54, 1.807) is 18.6 Å². The molecule has 0 atom stereocenters. The van der Waals surface area contributed by atoms with Crippen molar-refractivity contribution in [1.29, 1.82) is 0 Å². The monoisotopic (exact) mass is 340 g/mol. The summed E-state index contributed by atoms with van der Waals surface area (Å²) in [7, 11) is 1.91. The first-order valence-electron chi connectivity index (χ1n) is 8.55. The third-order valence-corrected chi connectivity index (χ3v) is 3.26. The molecule has 4 aromatic rings. The van der Waals surface area contributed by atoms with E-state index in [1.807, 2.05) is 65.5 Å². The molecule has 134 valence electrons. The first-order chi connectivity index (χ1) is 12.3. The lowest BCUT2D eigenvalue weighted by molar-refractivity contribution is 1.34. The molecule has 4 heterocycles. The molecule has 25 heavy (non-hydrogen) atoms. The van der Waals surface area contributed by atoms with E-state index in [9.17, 15) is 0 Å². The van der Waals surface area contributed by atoms with E-state index < -0.39 is 0 Å². The van der Waals surface area contributed by atoms with Crippen LogP contribution < -0.4 is 11.1 Å². The molecule has 4 aromatic heterocycles. The number of hydrogen-bond acceptors (Lipinski definition) is 4. The second-order valence-corrected chi connectivity index (χ2v) is 4.54. The topological polar surface area (TPSA) is 95.4 Å². The molecule has 0 spiro atoms. The molecule has 0 bridgehead atoms. The van der Waals surface area contributed by atoms with Crippen LogP contribution in [0.3, 0.4) is 0 Å². The summed E-state index contributed by atoms with van der Waals surface area (Å²) in [5.41, 5.74) is 9.51. The maximum absolute atomic E-state index is 5.62. The molecule has 5 N–H and O–H groups in total. The van der Waals surface area contributed by atoms with Gasteiger partial charge in [0.2, 0.25) is 0 Å². The van der Waals surface area contributed by atoms with Crippen molar-refractivity contribution in [3.8, 4) is 0 Å². The Hall–Kier alpha value is -3.02.